The first-order chi connectivity index (χ1) is 4.97. The number of nitrogens with two attached hydrogens (primary N) is 1. The van der Waals surface area contributed by atoms with Crippen LogP contribution in [0.2, 0.25) is 0 Å². The van der Waals surface area contributed by atoms with Crippen molar-refractivity contribution < 1.29 is 19.5 Å². The van der Waals surface area contributed by atoms with Crippen molar-refractivity contribution in [2.24, 2.45) is 5.73 Å². The summed E-state index contributed by atoms with van der Waals surface area (Å²) in [5.74, 6) is -2.48. The van der Waals surface area contributed by atoms with Gasteiger partial charge in [-0.3, -0.25) is 20.2 Å². The normalized spacial score (nSPS) is 29.5. The van der Waals surface area contributed by atoms with E-state index in [1.54, 1.807) is 10.6 Å². The van der Waals surface area contributed by atoms with Crippen LogP contribution in [-0.4, -0.2) is 28.7 Å². The Morgan fingerprint density at radius 2 is 2.09 bits per heavy atom. The molecule has 1 rings (SSSR count). The fraction of sp³-hybridized carbons (Fsp3) is 0.250. The van der Waals surface area contributed by atoms with Crippen molar-refractivity contribution in [2.75, 3.05) is 0 Å². The van der Waals surface area contributed by atoms with Gasteiger partial charge in [0.05, 0.1) is 0 Å². The van der Waals surface area contributed by atoms with Crippen molar-refractivity contribution in [3.8, 4) is 0 Å². The summed E-state index contributed by atoms with van der Waals surface area (Å²) in [7, 11) is 0. The number of hydrogen-bond acceptors (Lipinski definition) is 4. The summed E-state index contributed by atoms with van der Waals surface area (Å²) in [5.41, 5.74) is 2.03. The van der Waals surface area contributed by atoms with E-state index in [1.165, 1.54) is 0 Å². The number of urea groups is 1. The van der Waals surface area contributed by atoms with Crippen LogP contribution < -0.4 is 16.4 Å². The summed E-state index contributed by atoms with van der Waals surface area (Å²) in [6, 6.07) is -0.948. The lowest BCUT2D eigenvalue weighted by atomic mass is 10.2. The van der Waals surface area contributed by atoms with Crippen LogP contribution in [0.5, 0.6) is 0 Å². The minimum Gasteiger partial charge on any atom is -0.365 e. The highest BCUT2D eigenvalue weighted by atomic mass is 16.3. The van der Waals surface area contributed by atoms with Crippen LogP contribution in [0.3, 0.4) is 0 Å². The molecule has 7 heteroatoms. The number of aliphatic hydroxyl groups is 1. The van der Waals surface area contributed by atoms with Gasteiger partial charge in [-0.2, -0.15) is 0 Å². The van der Waals surface area contributed by atoms with E-state index in [9.17, 15) is 14.4 Å². The average Bonchev–Trinajstić information content (AvgIpc) is 2.08. The molecule has 60 valence electrons. The third-order valence-electron chi connectivity index (χ3n) is 1.21. The molecule has 0 aromatic heterocycles. The molecule has 1 saturated heterocycles. The highest BCUT2D eigenvalue weighted by Crippen LogP contribution is 2.03. The van der Waals surface area contributed by atoms with Crippen molar-refractivity contribution in [1.82, 2.24) is 10.6 Å². The molecule has 0 radical (unpaired) electrons. The molecular weight excluding hydrogens is 154 g/mol. The Kier molecular flexibility index (Phi) is 1.31. The molecular formula is C4H5N3O4. The second-order valence-electron chi connectivity index (χ2n) is 1.98. The molecule has 0 aliphatic carbocycles. The first kappa shape index (κ1) is 7.48. The van der Waals surface area contributed by atoms with E-state index >= 15 is 0 Å². The first-order valence-electron chi connectivity index (χ1n) is 2.62. The summed E-state index contributed by atoms with van der Waals surface area (Å²) in [5, 5.41) is 12.3. The van der Waals surface area contributed by atoms with E-state index in [0.717, 1.165) is 0 Å². The van der Waals surface area contributed by atoms with Gasteiger partial charge in [-0.1, -0.05) is 0 Å². The molecule has 0 spiro atoms. The van der Waals surface area contributed by atoms with Crippen molar-refractivity contribution >= 4 is 17.8 Å². The summed E-state index contributed by atoms with van der Waals surface area (Å²) >= 11 is 0. The van der Waals surface area contributed by atoms with Gasteiger partial charge in [0.15, 0.2) is 0 Å². The maximum Gasteiger partial charge on any atom is 0.324 e. The van der Waals surface area contributed by atoms with Gasteiger partial charge in [0.2, 0.25) is 0 Å². The van der Waals surface area contributed by atoms with Crippen molar-refractivity contribution in [3.05, 3.63) is 0 Å². The zero-order chi connectivity index (χ0) is 8.65. The van der Waals surface area contributed by atoms with E-state index < -0.39 is 23.6 Å². The number of rotatable bonds is 1. The number of imide groups is 1. The lowest BCUT2D eigenvalue weighted by Crippen LogP contribution is -2.57. The van der Waals surface area contributed by atoms with Gasteiger partial charge >= 0.3 is 11.8 Å². The predicted octanol–water partition coefficient (Wildman–Crippen LogP) is -3.00. The summed E-state index contributed by atoms with van der Waals surface area (Å²) < 4.78 is 0. The quantitative estimate of drug-likeness (QED) is 0.240. The van der Waals surface area contributed by atoms with E-state index in [2.05, 4.69) is 5.73 Å². The predicted molar refractivity (Wildman–Crippen MR) is 30.8 cm³/mol. The van der Waals surface area contributed by atoms with Gasteiger partial charge < -0.3 is 10.8 Å². The number of primary amides is 1. The molecule has 7 nitrogen and oxygen atoms in total. The Morgan fingerprint density at radius 3 is 2.27 bits per heavy atom. The van der Waals surface area contributed by atoms with Gasteiger partial charge in [0.1, 0.15) is 0 Å². The smallest absolute Gasteiger partial charge is 0.324 e. The second kappa shape index (κ2) is 1.92. The third-order valence-corrected chi connectivity index (χ3v) is 1.21. The van der Waals surface area contributed by atoms with E-state index in [0.29, 0.717) is 0 Å². The minimum atomic E-state index is -2.59. The van der Waals surface area contributed by atoms with Crippen molar-refractivity contribution in [3.63, 3.8) is 0 Å². The molecule has 0 bridgehead atoms. The van der Waals surface area contributed by atoms with E-state index in [-0.39, 0.29) is 0 Å². The average molecular weight is 159 g/mol. The van der Waals surface area contributed by atoms with Gasteiger partial charge in [-0.15, -0.1) is 0 Å². The highest BCUT2D eigenvalue weighted by molar-refractivity contribution is 6.18. The van der Waals surface area contributed by atoms with Crippen LogP contribution in [-0.2, 0) is 9.59 Å². The molecule has 1 heterocycles. The van der Waals surface area contributed by atoms with Gasteiger partial charge in [0.25, 0.3) is 11.8 Å². The second-order valence-corrected chi connectivity index (χ2v) is 1.98. The topological polar surface area (TPSA) is 122 Å². The van der Waals surface area contributed by atoms with Crippen LogP contribution in [0, 0.1) is 0 Å². The summed E-state index contributed by atoms with van der Waals surface area (Å²) in [6.07, 6.45) is 0. The maximum atomic E-state index is 10.6. The van der Waals surface area contributed by atoms with Crippen LogP contribution >= 0.6 is 0 Å². The molecule has 0 aromatic rings. The van der Waals surface area contributed by atoms with Crippen molar-refractivity contribution in [1.29, 1.82) is 0 Å². The molecule has 4 amide bonds. The lowest BCUT2D eigenvalue weighted by Gasteiger charge is -2.12. The Bertz CT molecular complexity index is 250. The molecule has 5 N–H and O–H groups in total. The van der Waals surface area contributed by atoms with Gasteiger partial charge in [-0.05, 0) is 0 Å². The maximum absolute atomic E-state index is 10.6. The SMILES string of the molecule is NC(=O)[C@@]1(O)NC(=O)NC1=O. The number of carbonyl (C=O) groups is 3. The molecule has 0 aromatic carbocycles. The zero-order valence-corrected chi connectivity index (χ0v) is 5.25. The highest BCUT2D eigenvalue weighted by Gasteiger charge is 2.50. The van der Waals surface area contributed by atoms with E-state index in [4.69, 9.17) is 5.11 Å². The third kappa shape index (κ3) is 0.905. The monoisotopic (exact) mass is 159 g/mol. The summed E-state index contributed by atoms with van der Waals surface area (Å²) in [4.78, 5) is 31.3. The van der Waals surface area contributed by atoms with Gasteiger partial charge in [0, 0.05) is 0 Å². The Morgan fingerprint density at radius 1 is 1.55 bits per heavy atom. The summed E-state index contributed by atoms with van der Waals surface area (Å²) in [6.45, 7) is 0. The lowest BCUT2D eigenvalue weighted by molar-refractivity contribution is -0.150. The molecule has 11 heavy (non-hydrogen) atoms. The number of amides is 4. The van der Waals surface area contributed by atoms with Crippen LogP contribution in [0.1, 0.15) is 0 Å². The van der Waals surface area contributed by atoms with Crippen LogP contribution in [0.15, 0.2) is 0 Å². The molecule has 0 unspecified atom stereocenters. The largest absolute Gasteiger partial charge is 0.365 e. The Hall–Kier alpha value is -1.63. The fourth-order valence-corrected chi connectivity index (χ4v) is 0.619. The molecule has 0 saturated carbocycles. The van der Waals surface area contributed by atoms with Crippen molar-refractivity contribution in [2.45, 2.75) is 5.72 Å². The molecule has 1 aliphatic rings. The molecule has 1 fully saturated rings. The Labute approximate surface area is 60.5 Å². The minimum absolute atomic E-state index is 0.948. The molecule has 1 aliphatic heterocycles. The first-order valence-corrected chi connectivity index (χ1v) is 2.62. The standard InChI is InChI=1S/C4H5N3O4/c5-1(8)4(11)2(9)6-3(10)7-4/h11H,(H2,5,8)(H2,6,7,9,10)/t4-/m0/s1. The number of hydrogen-bond donors (Lipinski definition) is 4. The number of nitrogens with one attached hydrogen (secondary N) is 2. The fourth-order valence-electron chi connectivity index (χ4n) is 0.619. The molecule has 1 atom stereocenters. The van der Waals surface area contributed by atoms with Gasteiger partial charge in [-0.25, -0.2) is 4.79 Å². The Balaban J connectivity index is 2.96. The number of carbonyl (C=O) groups excluding carboxylic acids is 3. The van der Waals surface area contributed by atoms with Crippen LogP contribution in [0.25, 0.3) is 0 Å². The van der Waals surface area contributed by atoms with Crippen LogP contribution in [0.4, 0.5) is 4.79 Å². The van der Waals surface area contributed by atoms with E-state index in [1.807, 2.05) is 0 Å². The zero-order valence-electron chi connectivity index (χ0n) is 5.25.